The second-order valence-electron chi connectivity index (χ2n) is 3.11. The van der Waals surface area contributed by atoms with Gasteiger partial charge in [0.05, 0.1) is 5.41 Å². The van der Waals surface area contributed by atoms with Gasteiger partial charge in [-0.2, -0.15) is 0 Å². The molecule has 0 aliphatic rings. The van der Waals surface area contributed by atoms with E-state index in [1.165, 1.54) is 0 Å². The van der Waals surface area contributed by atoms with E-state index in [1.807, 2.05) is 26.0 Å². The lowest BCUT2D eigenvalue weighted by Crippen LogP contribution is -2.14. The summed E-state index contributed by atoms with van der Waals surface area (Å²) in [7, 11) is 0. The van der Waals surface area contributed by atoms with E-state index >= 15 is 0 Å². The predicted molar refractivity (Wildman–Crippen MR) is 53.8 cm³/mol. The average molecular weight is 224 g/mol. The number of rotatable bonds is 1. The van der Waals surface area contributed by atoms with Gasteiger partial charge < -0.3 is 0 Å². The first-order valence-corrected chi connectivity index (χ1v) is 4.46. The molecule has 2 heteroatoms. The Kier molecular flexibility index (Phi) is 2.54. The molecular formula is C10H10BrN. The molecule has 0 saturated carbocycles. The van der Waals surface area contributed by atoms with E-state index in [4.69, 9.17) is 6.42 Å². The van der Waals surface area contributed by atoms with Crippen LogP contribution in [-0.4, -0.2) is 4.98 Å². The van der Waals surface area contributed by atoms with Gasteiger partial charge in [-0.15, -0.1) is 6.42 Å². The van der Waals surface area contributed by atoms with Crippen LogP contribution >= 0.6 is 15.9 Å². The Morgan fingerprint density at radius 3 is 2.75 bits per heavy atom. The molecule has 0 aliphatic heterocycles. The van der Waals surface area contributed by atoms with Crippen molar-refractivity contribution in [1.29, 1.82) is 0 Å². The monoisotopic (exact) mass is 223 g/mol. The summed E-state index contributed by atoms with van der Waals surface area (Å²) in [4.78, 5) is 4.11. The first kappa shape index (κ1) is 9.28. The highest BCUT2D eigenvalue weighted by molar-refractivity contribution is 9.10. The summed E-state index contributed by atoms with van der Waals surface area (Å²) in [5, 5.41) is 0. The minimum atomic E-state index is -0.257. The van der Waals surface area contributed by atoms with Crippen molar-refractivity contribution < 1.29 is 0 Å². The quantitative estimate of drug-likeness (QED) is 0.528. The standard InChI is InChI=1S/C10H10BrN/c1-4-10(2,3)8-6-5-7-12-9(8)11/h1,5-7H,2-3H3. The molecule has 0 unspecified atom stereocenters. The summed E-state index contributed by atoms with van der Waals surface area (Å²) < 4.78 is 0.827. The molecule has 1 aromatic heterocycles. The van der Waals surface area contributed by atoms with Gasteiger partial charge >= 0.3 is 0 Å². The first-order valence-electron chi connectivity index (χ1n) is 3.66. The van der Waals surface area contributed by atoms with Gasteiger partial charge in [0.15, 0.2) is 0 Å². The van der Waals surface area contributed by atoms with E-state index in [0.717, 1.165) is 10.2 Å². The van der Waals surface area contributed by atoms with Gasteiger partial charge in [0.25, 0.3) is 0 Å². The largest absolute Gasteiger partial charge is 0.249 e. The van der Waals surface area contributed by atoms with Crippen LogP contribution < -0.4 is 0 Å². The van der Waals surface area contributed by atoms with Crippen molar-refractivity contribution in [1.82, 2.24) is 4.98 Å². The Morgan fingerprint density at radius 1 is 1.58 bits per heavy atom. The molecule has 0 spiro atoms. The molecule has 0 saturated heterocycles. The Balaban J connectivity index is 3.22. The van der Waals surface area contributed by atoms with Crippen LogP contribution in [0, 0.1) is 12.3 Å². The number of hydrogen-bond donors (Lipinski definition) is 0. The molecular weight excluding hydrogens is 214 g/mol. The molecule has 12 heavy (non-hydrogen) atoms. The maximum atomic E-state index is 5.41. The van der Waals surface area contributed by atoms with Gasteiger partial charge in [-0.1, -0.05) is 12.0 Å². The van der Waals surface area contributed by atoms with E-state index in [9.17, 15) is 0 Å². The van der Waals surface area contributed by atoms with Gasteiger partial charge in [-0.05, 0) is 35.8 Å². The zero-order chi connectivity index (χ0) is 9.19. The zero-order valence-electron chi connectivity index (χ0n) is 7.13. The summed E-state index contributed by atoms with van der Waals surface area (Å²) in [6.45, 7) is 3.99. The highest BCUT2D eigenvalue weighted by Crippen LogP contribution is 2.27. The molecule has 0 atom stereocenters. The number of aromatic nitrogens is 1. The topological polar surface area (TPSA) is 12.9 Å². The molecule has 1 aromatic rings. The highest BCUT2D eigenvalue weighted by Gasteiger charge is 2.19. The average Bonchev–Trinajstić information content (AvgIpc) is 2.05. The third-order valence-electron chi connectivity index (χ3n) is 1.79. The minimum absolute atomic E-state index is 0.257. The van der Waals surface area contributed by atoms with E-state index in [1.54, 1.807) is 6.20 Å². The van der Waals surface area contributed by atoms with E-state index in [2.05, 4.69) is 26.8 Å². The number of halogens is 1. The van der Waals surface area contributed by atoms with Crippen molar-refractivity contribution in [3.8, 4) is 12.3 Å². The lowest BCUT2D eigenvalue weighted by molar-refractivity contribution is 0.689. The zero-order valence-corrected chi connectivity index (χ0v) is 8.72. The molecule has 0 fully saturated rings. The second kappa shape index (κ2) is 3.28. The van der Waals surface area contributed by atoms with Crippen LogP contribution in [0.25, 0.3) is 0 Å². The minimum Gasteiger partial charge on any atom is -0.249 e. The molecule has 1 nitrogen and oxygen atoms in total. The van der Waals surface area contributed by atoms with Crippen molar-refractivity contribution in [2.24, 2.45) is 0 Å². The Labute approximate surface area is 81.3 Å². The molecule has 0 radical (unpaired) electrons. The fraction of sp³-hybridized carbons (Fsp3) is 0.300. The summed E-state index contributed by atoms with van der Waals surface area (Å²) in [6.07, 6.45) is 7.14. The van der Waals surface area contributed by atoms with E-state index < -0.39 is 0 Å². The molecule has 62 valence electrons. The van der Waals surface area contributed by atoms with Crippen molar-refractivity contribution in [3.05, 3.63) is 28.5 Å². The number of pyridine rings is 1. The van der Waals surface area contributed by atoms with Crippen LogP contribution in [0.2, 0.25) is 0 Å². The van der Waals surface area contributed by atoms with Gasteiger partial charge in [0.1, 0.15) is 4.60 Å². The molecule has 1 heterocycles. The number of hydrogen-bond acceptors (Lipinski definition) is 1. The number of terminal acetylenes is 1. The third-order valence-corrected chi connectivity index (χ3v) is 2.43. The fourth-order valence-corrected chi connectivity index (χ4v) is 1.68. The van der Waals surface area contributed by atoms with E-state index in [0.29, 0.717) is 0 Å². The van der Waals surface area contributed by atoms with Crippen molar-refractivity contribution >= 4 is 15.9 Å². The van der Waals surface area contributed by atoms with Crippen LogP contribution in [-0.2, 0) is 5.41 Å². The summed E-state index contributed by atoms with van der Waals surface area (Å²) in [6, 6.07) is 3.87. The maximum Gasteiger partial charge on any atom is 0.110 e. The van der Waals surface area contributed by atoms with Crippen molar-refractivity contribution in [2.75, 3.05) is 0 Å². The smallest absolute Gasteiger partial charge is 0.110 e. The Bertz CT molecular complexity index is 323. The fourth-order valence-electron chi connectivity index (χ4n) is 0.930. The lowest BCUT2D eigenvalue weighted by Gasteiger charge is -2.18. The van der Waals surface area contributed by atoms with Gasteiger partial charge in [-0.3, -0.25) is 0 Å². The van der Waals surface area contributed by atoms with E-state index in [-0.39, 0.29) is 5.41 Å². The van der Waals surface area contributed by atoms with Crippen LogP contribution in [0.5, 0.6) is 0 Å². The van der Waals surface area contributed by atoms with Crippen molar-refractivity contribution in [2.45, 2.75) is 19.3 Å². The SMILES string of the molecule is C#CC(C)(C)c1cccnc1Br. The Hall–Kier alpha value is -0.810. The summed E-state index contributed by atoms with van der Waals surface area (Å²) >= 11 is 3.37. The first-order chi connectivity index (χ1) is 5.58. The van der Waals surface area contributed by atoms with Crippen molar-refractivity contribution in [3.63, 3.8) is 0 Å². The second-order valence-corrected chi connectivity index (χ2v) is 3.86. The Morgan fingerprint density at radius 2 is 2.25 bits per heavy atom. The van der Waals surface area contributed by atoms with Crippen LogP contribution in [0.3, 0.4) is 0 Å². The lowest BCUT2D eigenvalue weighted by atomic mass is 9.87. The summed E-state index contributed by atoms with van der Waals surface area (Å²) in [5.41, 5.74) is 0.792. The molecule has 0 aromatic carbocycles. The third kappa shape index (κ3) is 1.67. The van der Waals surface area contributed by atoms with Gasteiger partial charge in [0.2, 0.25) is 0 Å². The molecule has 0 N–H and O–H groups in total. The maximum absolute atomic E-state index is 5.41. The van der Waals surface area contributed by atoms with Crippen LogP contribution in [0.1, 0.15) is 19.4 Å². The molecule has 1 rings (SSSR count). The predicted octanol–water partition coefficient (Wildman–Crippen LogP) is 2.75. The highest BCUT2D eigenvalue weighted by atomic mass is 79.9. The van der Waals surface area contributed by atoms with Gasteiger partial charge in [0, 0.05) is 11.8 Å². The number of nitrogens with zero attached hydrogens (tertiary/aromatic N) is 1. The van der Waals surface area contributed by atoms with Crippen LogP contribution in [0.4, 0.5) is 0 Å². The normalized spacial score (nSPS) is 10.8. The van der Waals surface area contributed by atoms with Gasteiger partial charge in [-0.25, -0.2) is 4.98 Å². The molecule has 0 amide bonds. The molecule has 0 aliphatic carbocycles. The molecule has 0 bridgehead atoms. The summed E-state index contributed by atoms with van der Waals surface area (Å²) in [5.74, 6) is 2.73. The van der Waals surface area contributed by atoms with Crippen LogP contribution in [0.15, 0.2) is 22.9 Å².